The number of carbonyl (C=O) groups excluding carboxylic acids is 1. The number of benzene rings is 3. The number of carboxylic acid groups (broad SMARTS) is 1. The van der Waals surface area contributed by atoms with E-state index in [9.17, 15) is 19.8 Å². The Balaban J connectivity index is 1.50. The summed E-state index contributed by atoms with van der Waals surface area (Å²) in [5, 5.41) is 23.7. The van der Waals surface area contributed by atoms with Gasteiger partial charge >= 0.3 is 5.97 Å². The second kappa shape index (κ2) is 12.7. The van der Waals surface area contributed by atoms with Crippen LogP contribution in [0.15, 0.2) is 66.7 Å². The quantitative estimate of drug-likeness (QED) is 0.346. The number of ether oxygens (including phenoxy) is 2. The molecule has 3 aromatic carbocycles. The van der Waals surface area contributed by atoms with Gasteiger partial charge in [-0.05, 0) is 61.5 Å². The summed E-state index contributed by atoms with van der Waals surface area (Å²) in [5.41, 5.74) is 1.22. The molecule has 4 rings (SSSR count). The Morgan fingerprint density at radius 3 is 2.32 bits per heavy atom. The van der Waals surface area contributed by atoms with Crippen molar-refractivity contribution < 1.29 is 29.3 Å². The first-order valence-electron chi connectivity index (χ1n) is 12.9. The van der Waals surface area contributed by atoms with Gasteiger partial charge in [-0.1, -0.05) is 60.7 Å². The molecule has 0 aromatic heterocycles. The minimum atomic E-state index is -1.23. The molecule has 7 heteroatoms. The number of nitrogens with one attached hydrogen (secondary N) is 1. The lowest BCUT2D eigenvalue weighted by atomic mass is 9.83. The predicted molar refractivity (Wildman–Crippen MR) is 142 cm³/mol. The van der Waals surface area contributed by atoms with Crippen LogP contribution in [0.5, 0.6) is 5.75 Å². The Labute approximate surface area is 217 Å². The molecule has 3 aromatic rings. The molecule has 2 unspecified atom stereocenters. The Morgan fingerprint density at radius 2 is 1.62 bits per heavy atom. The molecule has 1 saturated carbocycles. The molecular formula is C30H35NO6. The van der Waals surface area contributed by atoms with E-state index in [2.05, 4.69) is 5.32 Å². The summed E-state index contributed by atoms with van der Waals surface area (Å²) >= 11 is 0. The van der Waals surface area contributed by atoms with Gasteiger partial charge in [-0.15, -0.1) is 0 Å². The highest BCUT2D eigenvalue weighted by molar-refractivity contribution is 6.04. The SMILES string of the molecule is CC(OCc1ccccc1)C(NC(=O)c1ccc2ccccc2c1OCC1CCC(CO)CC1)C(=O)O. The molecule has 3 N–H and O–H groups in total. The van der Waals surface area contributed by atoms with E-state index in [-0.39, 0.29) is 13.2 Å². The van der Waals surface area contributed by atoms with Crippen molar-refractivity contribution >= 4 is 22.6 Å². The molecule has 1 aliphatic carbocycles. The summed E-state index contributed by atoms with van der Waals surface area (Å²) in [5.74, 6) is -0.531. The van der Waals surface area contributed by atoms with Crippen LogP contribution in [-0.4, -0.2) is 47.4 Å². The second-order valence-electron chi connectivity index (χ2n) is 9.83. The Morgan fingerprint density at radius 1 is 0.946 bits per heavy atom. The van der Waals surface area contributed by atoms with Crippen molar-refractivity contribution in [1.82, 2.24) is 5.32 Å². The van der Waals surface area contributed by atoms with Crippen LogP contribution in [-0.2, 0) is 16.1 Å². The Hall–Kier alpha value is -3.42. The maximum absolute atomic E-state index is 13.4. The molecule has 0 spiro atoms. The number of carbonyl (C=O) groups is 2. The molecule has 1 amide bonds. The maximum atomic E-state index is 13.4. The number of hydrogen-bond donors (Lipinski definition) is 3. The van der Waals surface area contributed by atoms with Crippen molar-refractivity contribution in [2.24, 2.45) is 11.8 Å². The van der Waals surface area contributed by atoms with Crippen molar-refractivity contribution in [3.8, 4) is 5.75 Å². The number of carboxylic acids is 1. The number of amides is 1. The highest BCUT2D eigenvalue weighted by atomic mass is 16.5. The lowest BCUT2D eigenvalue weighted by molar-refractivity contribution is -0.143. The molecule has 0 radical (unpaired) electrons. The van der Waals surface area contributed by atoms with Gasteiger partial charge in [0.15, 0.2) is 6.04 Å². The molecule has 0 saturated heterocycles. The van der Waals surface area contributed by atoms with Crippen LogP contribution >= 0.6 is 0 Å². The number of rotatable bonds is 11. The highest BCUT2D eigenvalue weighted by Gasteiger charge is 2.29. The molecule has 0 heterocycles. The molecule has 2 atom stereocenters. The van der Waals surface area contributed by atoms with Crippen LogP contribution < -0.4 is 10.1 Å². The first-order valence-corrected chi connectivity index (χ1v) is 12.9. The summed E-state index contributed by atoms with van der Waals surface area (Å²) in [4.78, 5) is 25.5. The van der Waals surface area contributed by atoms with Gasteiger partial charge in [0.25, 0.3) is 5.91 Å². The average molecular weight is 506 g/mol. The van der Waals surface area contributed by atoms with Crippen LogP contribution in [0.4, 0.5) is 0 Å². The van der Waals surface area contributed by atoms with Crippen LogP contribution in [0.1, 0.15) is 48.5 Å². The fourth-order valence-electron chi connectivity index (χ4n) is 4.86. The monoisotopic (exact) mass is 505 g/mol. The van der Waals surface area contributed by atoms with Crippen LogP contribution in [0.3, 0.4) is 0 Å². The van der Waals surface area contributed by atoms with Gasteiger partial charge in [0.2, 0.25) is 0 Å². The first-order chi connectivity index (χ1) is 18.0. The van der Waals surface area contributed by atoms with Crippen LogP contribution in [0.25, 0.3) is 10.8 Å². The van der Waals surface area contributed by atoms with Crippen molar-refractivity contribution in [3.63, 3.8) is 0 Å². The smallest absolute Gasteiger partial charge is 0.328 e. The Bertz CT molecular complexity index is 1190. The van der Waals surface area contributed by atoms with Crippen LogP contribution in [0.2, 0.25) is 0 Å². The van der Waals surface area contributed by atoms with E-state index in [1.165, 1.54) is 0 Å². The van der Waals surface area contributed by atoms with E-state index in [1.54, 1.807) is 13.0 Å². The molecular weight excluding hydrogens is 470 g/mol. The number of fused-ring (bicyclic) bond motifs is 1. The van der Waals surface area contributed by atoms with Crippen LogP contribution in [0, 0.1) is 11.8 Å². The van der Waals surface area contributed by atoms with Crippen molar-refractivity contribution in [3.05, 3.63) is 77.9 Å². The third-order valence-corrected chi connectivity index (χ3v) is 7.19. The van der Waals surface area contributed by atoms with E-state index in [1.807, 2.05) is 60.7 Å². The number of aliphatic hydroxyl groups is 1. The summed E-state index contributed by atoms with van der Waals surface area (Å²) < 4.78 is 12.1. The fourth-order valence-corrected chi connectivity index (χ4v) is 4.86. The van der Waals surface area contributed by atoms with E-state index in [0.29, 0.717) is 29.8 Å². The summed E-state index contributed by atoms with van der Waals surface area (Å²) in [6.45, 7) is 2.57. The maximum Gasteiger partial charge on any atom is 0.328 e. The summed E-state index contributed by atoms with van der Waals surface area (Å²) in [6, 6.07) is 19.4. The normalized spacial score (nSPS) is 19.2. The topological polar surface area (TPSA) is 105 Å². The number of hydrogen-bond acceptors (Lipinski definition) is 5. The highest BCUT2D eigenvalue weighted by Crippen LogP contribution is 2.33. The molecule has 37 heavy (non-hydrogen) atoms. The molecule has 1 aliphatic rings. The van der Waals surface area contributed by atoms with Crippen molar-refractivity contribution in [2.45, 2.75) is 51.4 Å². The minimum Gasteiger partial charge on any atom is -0.492 e. The lowest BCUT2D eigenvalue weighted by Crippen LogP contribution is -2.48. The Kier molecular flexibility index (Phi) is 9.14. The molecule has 1 fully saturated rings. The van der Waals surface area contributed by atoms with Gasteiger partial charge in [0.1, 0.15) is 5.75 Å². The lowest BCUT2D eigenvalue weighted by Gasteiger charge is -2.28. The van der Waals surface area contributed by atoms with Gasteiger partial charge in [0, 0.05) is 12.0 Å². The average Bonchev–Trinajstić information content (AvgIpc) is 2.93. The van der Waals surface area contributed by atoms with E-state index < -0.39 is 24.0 Å². The van der Waals surface area contributed by atoms with Crippen molar-refractivity contribution in [2.75, 3.05) is 13.2 Å². The second-order valence-corrected chi connectivity index (χ2v) is 9.83. The predicted octanol–water partition coefficient (Wildman–Crippen LogP) is 4.81. The largest absolute Gasteiger partial charge is 0.492 e. The minimum absolute atomic E-state index is 0.222. The van der Waals surface area contributed by atoms with E-state index in [4.69, 9.17) is 9.47 Å². The van der Waals surface area contributed by atoms with Gasteiger partial charge in [-0.25, -0.2) is 4.79 Å². The third-order valence-electron chi connectivity index (χ3n) is 7.19. The van der Waals surface area contributed by atoms with Gasteiger partial charge in [-0.2, -0.15) is 0 Å². The fraction of sp³-hybridized carbons (Fsp3) is 0.400. The summed E-state index contributed by atoms with van der Waals surface area (Å²) in [7, 11) is 0. The zero-order valence-electron chi connectivity index (χ0n) is 21.1. The van der Waals surface area contributed by atoms with E-state index >= 15 is 0 Å². The number of aliphatic carboxylic acids is 1. The molecule has 0 bridgehead atoms. The zero-order chi connectivity index (χ0) is 26.2. The molecule has 0 aliphatic heterocycles. The van der Waals surface area contributed by atoms with Gasteiger partial charge in [-0.3, -0.25) is 4.79 Å². The van der Waals surface area contributed by atoms with Crippen molar-refractivity contribution in [1.29, 1.82) is 0 Å². The standard InChI is InChI=1S/C30H35NO6/c1-20(36-18-22-7-3-2-4-8-22)27(30(34)35)31-29(33)26-16-15-24-9-5-6-10-25(24)28(26)37-19-23-13-11-21(17-32)12-14-23/h2-10,15-16,20-21,23,27,32H,11-14,17-19H2,1H3,(H,31,33)(H,34,35). The third kappa shape index (κ3) is 6.87. The first kappa shape index (κ1) is 26.6. The molecule has 196 valence electrons. The molecule has 7 nitrogen and oxygen atoms in total. The van der Waals surface area contributed by atoms with Gasteiger partial charge in [0.05, 0.1) is 24.9 Å². The zero-order valence-corrected chi connectivity index (χ0v) is 21.1. The summed E-state index contributed by atoms with van der Waals surface area (Å²) in [6.07, 6.45) is 3.11. The van der Waals surface area contributed by atoms with Gasteiger partial charge < -0.3 is 25.0 Å². The number of aliphatic hydroxyl groups excluding tert-OH is 1. The van der Waals surface area contributed by atoms with E-state index in [0.717, 1.165) is 42.0 Å².